The fourth-order valence-electron chi connectivity index (χ4n) is 17.4. The minimum absolute atomic E-state index is 0.248. The first kappa shape index (κ1) is 47.1. The predicted octanol–water partition coefficient (Wildman–Crippen LogP) is 8.31. The zero-order chi connectivity index (χ0) is 43.3. The van der Waals surface area contributed by atoms with Gasteiger partial charge in [-0.25, -0.2) is 0 Å². The Labute approximate surface area is 380 Å². The van der Waals surface area contributed by atoms with Gasteiger partial charge in [0.25, 0.3) is 0 Å². The molecule has 0 spiro atoms. The third-order valence-corrected chi connectivity index (χ3v) is 21.3. The maximum absolute atomic E-state index is 13.4. The highest BCUT2D eigenvalue weighted by Gasteiger charge is 2.60. The van der Waals surface area contributed by atoms with Crippen LogP contribution in [-0.2, 0) is 9.59 Å². The molecule has 8 nitrogen and oxygen atoms in total. The smallest absolute Gasteiger partial charge is 0.150 e. The zero-order valence-corrected chi connectivity index (χ0v) is 41.2. The SMILES string of the molecule is CN1CCN(CC(=O)[C@H]2CC[C@H]3[C@@H]4CC[C@@H]5C[C@](C)(O)CC[C@@H]5[C@H]4CC[C@]23C)CC1.CN1CCNCC1.C[C@@]1(O)CC[C@H]2[C@H](CC[C@@H]3[C@@H]2CC[C@]2(C)[C@@H](C(=O)CBr)CC[C@@H]32)C1. The molecule has 3 N–H and O–H groups in total. The normalized spacial score (nSPS) is 48.6. The highest BCUT2D eigenvalue weighted by atomic mass is 79.9. The van der Waals surface area contributed by atoms with Gasteiger partial charge in [0.1, 0.15) is 11.6 Å². The number of hydrogen-bond acceptors (Lipinski definition) is 8. The van der Waals surface area contributed by atoms with Crippen molar-refractivity contribution in [2.75, 3.05) is 78.3 Å². The number of rotatable bonds is 5. The average molecular weight is 914 g/mol. The van der Waals surface area contributed by atoms with Gasteiger partial charge in [-0.15, -0.1) is 0 Å². The van der Waals surface area contributed by atoms with Crippen LogP contribution in [0.2, 0.25) is 0 Å². The van der Waals surface area contributed by atoms with Crippen molar-refractivity contribution in [1.29, 1.82) is 0 Å². The lowest BCUT2D eigenvalue weighted by molar-refractivity contribution is -0.133. The highest BCUT2D eigenvalue weighted by Crippen LogP contribution is 2.66. The van der Waals surface area contributed by atoms with E-state index in [2.05, 4.69) is 70.8 Å². The number of carbonyl (C=O) groups is 2. The molecule has 2 heterocycles. The molecule has 0 bridgehead atoms. The Kier molecular flexibility index (Phi) is 14.7. The quantitative estimate of drug-likeness (QED) is 0.237. The van der Waals surface area contributed by atoms with Crippen molar-refractivity contribution in [1.82, 2.24) is 20.0 Å². The van der Waals surface area contributed by atoms with E-state index in [0.29, 0.717) is 35.3 Å². The van der Waals surface area contributed by atoms with Crippen LogP contribution in [0.4, 0.5) is 0 Å². The summed E-state index contributed by atoms with van der Waals surface area (Å²) in [4.78, 5) is 33.0. The summed E-state index contributed by atoms with van der Waals surface area (Å²) in [6, 6.07) is 0. The van der Waals surface area contributed by atoms with E-state index in [-0.39, 0.29) is 10.8 Å². The summed E-state index contributed by atoms with van der Waals surface area (Å²) in [6.07, 6.45) is 21.8. The Balaban J connectivity index is 0.000000148. The van der Waals surface area contributed by atoms with Crippen LogP contribution < -0.4 is 5.32 Å². The van der Waals surface area contributed by atoms with Crippen LogP contribution >= 0.6 is 15.9 Å². The maximum Gasteiger partial charge on any atom is 0.150 e. The molecule has 10 fully saturated rings. The first-order chi connectivity index (χ1) is 29.0. The summed E-state index contributed by atoms with van der Waals surface area (Å²) in [7, 11) is 4.34. The first-order valence-electron chi connectivity index (χ1n) is 25.9. The van der Waals surface area contributed by atoms with E-state index in [1.165, 1.54) is 90.1 Å². The van der Waals surface area contributed by atoms with E-state index >= 15 is 0 Å². The van der Waals surface area contributed by atoms with Crippen molar-refractivity contribution in [3.8, 4) is 0 Å². The van der Waals surface area contributed by atoms with Crippen LogP contribution in [0, 0.1) is 81.8 Å². The molecule has 9 heteroatoms. The number of nitrogens with zero attached hydrogens (tertiary/aromatic N) is 3. The third kappa shape index (κ3) is 9.85. The first-order valence-corrected chi connectivity index (χ1v) is 27.0. The van der Waals surface area contributed by atoms with Crippen LogP contribution in [0.3, 0.4) is 0 Å². The molecule has 16 atom stereocenters. The van der Waals surface area contributed by atoms with Gasteiger partial charge in [0.05, 0.1) is 23.1 Å². The van der Waals surface area contributed by atoms with Crippen molar-refractivity contribution in [3.63, 3.8) is 0 Å². The number of piperazine rings is 2. The van der Waals surface area contributed by atoms with E-state index in [9.17, 15) is 19.8 Å². The van der Waals surface area contributed by atoms with Gasteiger partial charge in [0, 0.05) is 64.2 Å². The highest BCUT2D eigenvalue weighted by molar-refractivity contribution is 9.09. The molecule has 8 saturated carbocycles. The standard InChI is InChI=1S/C26H44N2O2.C21H33BrO2.C5H12N2/c1-25(30)10-8-19-18(16-25)4-5-21-20(19)9-11-26(2)22(21)6-7-23(26)24(29)17-28-14-12-27(3)13-15-28;1-20(24)9-7-14-13(11-20)3-4-16-15(14)8-10-21(2)17(16)5-6-18(21)19(23)12-22;1-7-4-2-6-3-5-7/h18-23,30H,4-17H2,1-3H3;13-18,24H,3-12H2,1-2H3;6H,2-5H2,1H3/t18-,19+,20-,21-,22+,23-,25-,26+;13-,14+,15-,16-,17+,18-,20-,21+;/m11./s1. The Hall–Kier alpha value is -0.420. The summed E-state index contributed by atoms with van der Waals surface area (Å²) in [5.74, 6) is 9.74. The lowest BCUT2D eigenvalue weighted by atomic mass is 9.49. The number of halogens is 1. The van der Waals surface area contributed by atoms with Crippen molar-refractivity contribution >= 4 is 27.5 Å². The molecular weight excluding hydrogens is 824 g/mol. The van der Waals surface area contributed by atoms with Crippen LogP contribution in [0.15, 0.2) is 0 Å². The zero-order valence-electron chi connectivity index (χ0n) is 39.7. The van der Waals surface area contributed by atoms with E-state index in [4.69, 9.17) is 0 Å². The maximum atomic E-state index is 13.4. The van der Waals surface area contributed by atoms with Gasteiger partial charge in [-0.1, -0.05) is 29.8 Å². The van der Waals surface area contributed by atoms with Crippen LogP contribution in [0.1, 0.15) is 143 Å². The molecule has 10 aliphatic rings. The van der Waals surface area contributed by atoms with Crippen LogP contribution in [-0.4, -0.2) is 126 Å². The Morgan fingerprint density at radius 3 is 1.43 bits per heavy atom. The molecule has 61 heavy (non-hydrogen) atoms. The van der Waals surface area contributed by atoms with E-state index in [1.807, 2.05) is 6.92 Å². The molecule has 348 valence electrons. The molecule has 8 aliphatic carbocycles. The molecule has 0 radical (unpaired) electrons. The second-order valence-electron chi connectivity index (χ2n) is 24.4. The number of Topliss-reactive ketones (excluding diaryl/α,β-unsaturated/α-hetero) is 2. The van der Waals surface area contributed by atoms with Crippen molar-refractivity contribution < 1.29 is 19.8 Å². The van der Waals surface area contributed by atoms with Gasteiger partial charge in [0.2, 0.25) is 0 Å². The van der Waals surface area contributed by atoms with E-state index in [1.54, 1.807) is 0 Å². The van der Waals surface area contributed by atoms with Gasteiger partial charge in [-0.05, 0) is 214 Å². The van der Waals surface area contributed by atoms with Crippen LogP contribution in [0.25, 0.3) is 0 Å². The molecular formula is C52H89BrN4O4. The Bertz CT molecular complexity index is 1510. The second-order valence-corrected chi connectivity index (χ2v) is 25.0. The fraction of sp³-hybridized carbons (Fsp3) is 0.962. The number of ketones is 2. The summed E-state index contributed by atoms with van der Waals surface area (Å²) in [5, 5.41) is 24.9. The molecule has 2 saturated heterocycles. The van der Waals surface area contributed by atoms with Gasteiger partial charge in [-0.3, -0.25) is 14.5 Å². The van der Waals surface area contributed by atoms with E-state index < -0.39 is 11.2 Å². The van der Waals surface area contributed by atoms with E-state index in [0.717, 1.165) is 137 Å². The van der Waals surface area contributed by atoms with Gasteiger partial charge in [-0.2, -0.15) is 0 Å². The van der Waals surface area contributed by atoms with Crippen molar-refractivity contribution in [2.45, 2.75) is 154 Å². The molecule has 0 aromatic carbocycles. The summed E-state index contributed by atoms with van der Waals surface area (Å²) < 4.78 is 0. The number of hydrogen-bond donors (Lipinski definition) is 3. The molecule has 0 amide bonds. The molecule has 10 rings (SSSR count). The minimum atomic E-state index is -0.425. The number of alkyl halides is 1. The molecule has 0 aromatic heterocycles. The second kappa shape index (κ2) is 19.1. The Morgan fingerprint density at radius 1 is 0.541 bits per heavy atom. The Morgan fingerprint density at radius 2 is 0.984 bits per heavy atom. The molecule has 0 aromatic rings. The fourth-order valence-corrected chi connectivity index (χ4v) is 17.8. The lowest BCUT2D eigenvalue weighted by Crippen LogP contribution is -2.52. The van der Waals surface area contributed by atoms with Gasteiger partial charge >= 0.3 is 0 Å². The number of likely N-dealkylation sites (N-methyl/N-ethyl adjacent to an activating group) is 2. The summed E-state index contributed by atoms with van der Waals surface area (Å²) in [6.45, 7) is 18.7. The molecule has 2 aliphatic heterocycles. The van der Waals surface area contributed by atoms with Gasteiger partial charge < -0.3 is 25.3 Å². The topological polar surface area (TPSA) is 96.3 Å². The predicted molar refractivity (Wildman–Crippen MR) is 251 cm³/mol. The van der Waals surface area contributed by atoms with Crippen molar-refractivity contribution in [2.24, 2.45) is 81.8 Å². The monoisotopic (exact) mass is 913 g/mol. The lowest BCUT2D eigenvalue weighted by Gasteiger charge is -2.57. The number of carbonyl (C=O) groups excluding carboxylic acids is 2. The summed E-state index contributed by atoms with van der Waals surface area (Å²) >= 11 is 3.42. The number of aliphatic hydroxyl groups is 2. The van der Waals surface area contributed by atoms with Gasteiger partial charge in [0.15, 0.2) is 0 Å². The molecule has 0 unspecified atom stereocenters. The van der Waals surface area contributed by atoms with Crippen LogP contribution in [0.5, 0.6) is 0 Å². The average Bonchev–Trinajstić information content (AvgIpc) is 3.78. The number of fused-ring (bicyclic) bond motifs is 10. The van der Waals surface area contributed by atoms with Crippen molar-refractivity contribution in [3.05, 3.63) is 0 Å². The minimum Gasteiger partial charge on any atom is -0.390 e. The third-order valence-electron chi connectivity index (χ3n) is 20.7. The summed E-state index contributed by atoms with van der Waals surface area (Å²) in [5.41, 5.74) is -0.333. The number of nitrogens with one attached hydrogen (secondary N) is 1. The largest absolute Gasteiger partial charge is 0.390 e.